The van der Waals surface area contributed by atoms with Gasteiger partial charge < -0.3 is 10.0 Å². The van der Waals surface area contributed by atoms with Gasteiger partial charge in [0.2, 0.25) is 0 Å². The first-order chi connectivity index (χ1) is 7.09. The molecule has 0 aliphatic carbocycles. The minimum Gasteiger partial charge on any atom is -0.477 e. The third-order valence-corrected chi connectivity index (χ3v) is 3.93. The van der Waals surface area contributed by atoms with Crippen LogP contribution in [0.5, 0.6) is 0 Å². The summed E-state index contributed by atoms with van der Waals surface area (Å²) in [6.07, 6.45) is 1.12. The molecule has 0 aliphatic heterocycles. The summed E-state index contributed by atoms with van der Waals surface area (Å²) in [4.78, 5) is 14.3. The maximum absolute atomic E-state index is 10.6. The third kappa shape index (κ3) is 4.68. The smallest absolute Gasteiger partial charge is 0.345 e. The van der Waals surface area contributed by atoms with Crippen molar-refractivity contribution in [3.63, 3.8) is 0 Å². The highest BCUT2D eigenvalue weighted by molar-refractivity contribution is 7.99. The van der Waals surface area contributed by atoms with E-state index in [4.69, 9.17) is 5.11 Å². The second kappa shape index (κ2) is 6.15. The third-order valence-electron chi connectivity index (χ3n) is 1.80. The molecule has 1 aromatic heterocycles. The van der Waals surface area contributed by atoms with E-state index in [9.17, 15) is 4.79 Å². The molecule has 1 N–H and O–H groups in total. The van der Waals surface area contributed by atoms with Crippen molar-refractivity contribution in [3.8, 4) is 0 Å². The summed E-state index contributed by atoms with van der Waals surface area (Å²) in [7, 11) is 4.11. The average molecular weight is 245 g/mol. The molecule has 84 valence electrons. The van der Waals surface area contributed by atoms with E-state index < -0.39 is 5.97 Å². The molecule has 0 saturated heterocycles. The van der Waals surface area contributed by atoms with Gasteiger partial charge in [-0.25, -0.2) is 4.79 Å². The van der Waals surface area contributed by atoms with Crippen LogP contribution in [-0.2, 0) is 0 Å². The van der Waals surface area contributed by atoms with Gasteiger partial charge in [0.15, 0.2) is 0 Å². The van der Waals surface area contributed by atoms with Crippen molar-refractivity contribution in [3.05, 3.63) is 16.3 Å². The molecule has 5 heteroatoms. The zero-order valence-electron chi connectivity index (χ0n) is 8.90. The minimum absolute atomic E-state index is 0.421. The van der Waals surface area contributed by atoms with Crippen LogP contribution < -0.4 is 0 Å². The number of thioether (sulfide) groups is 1. The van der Waals surface area contributed by atoms with Gasteiger partial charge in [0.05, 0.1) is 0 Å². The summed E-state index contributed by atoms with van der Waals surface area (Å²) >= 11 is 3.01. The van der Waals surface area contributed by atoms with E-state index in [-0.39, 0.29) is 0 Å². The molecule has 1 aromatic rings. The topological polar surface area (TPSA) is 40.5 Å². The Morgan fingerprint density at radius 2 is 2.33 bits per heavy atom. The first-order valence-electron chi connectivity index (χ1n) is 4.69. The molecule has 1 heterocycles. The number of thiophene rings is 1. The second-order valence-corrected chi connectivity index (χ2v) is 5.54. The number of hydrogen-bond donors (Lipinski definition) is 1. The molecule has 0 atom stereocenters. The maximum atomic E-state index is 10.6. The monoisotopic (exact) mass is 245 g/mol. The average Bonchev–Trinajstić information content (AvgIpc) is 2.60. The van der Waals surface area contributed by atoms with Crippen molar-refractivity contribution >= 4 is 29.1 Å². The zero-order valence-corrected chi connectivity index (χ0v) is 10.5. The summed E-state index contributed by atoms with van der Waals surface area (Å²) in [5.74, 6) is 0.202. The Morgan fingerprint density at radius 1 is 1.60 bits per heavy atom. The Morgan fingerprint density at radius 3 is 2.87 bits per heavy atom. The number of carboxylic acid groups (broad SMARTS) is 1. The van der Waals surface area contributed by atoms with Crippen molar-refractivity contribution < 1.29 is 9.90 Å². The molecule has 3 nitrogen and oxygen atoms in total. The fourth-order valence-corrected chi connectivity index (χ4v) is 2.89. The van der Waals surface area contributed by atoms with E-state index in [1.165, 1.54) is 11.3 Å². The van der Waals surface area contributed by atoms with Gasteiger partial charge in [-0.05, 0) is 38.9 Å². The number of nitrogens with zero attached hydrogens (tertiary/aromatic N) is 1. The van der Waals surface area contributed by atoms with Gasteiger partial charge in [-0.15, -0.1) is 23.1 Å². The van der Waals surface area contributed by atoms with E-state index in [2.05, 4.69) is 19.0 Å². The number of carbonyl (C=O) groups is 1. The van der Waals surface area contributed by atoms with E-state index in [0.717, 1.165) is 23.6 Å². The predicted molar refractivity (Wildman–Crippen MR) is 65.2 cm³/mol. The Bertz CT molecular complexity index is 323. The molecule has 0 bridgehead atoms. The zero-order chi connectivity index (χ0) is 11.3. The van der Waals surface area contributed by atoms with Crippen LogP contribution in [0.4, 0.5) is 0 Å². The van der Waals surface area contributed by atoms with Gasteiger partial charge in [0, 0.05) is 10.3 Å². The molecular weight excluding hydrogens is 230 g/mol. The van der Waals surface area contributed by atoms with Gasteiger partial charge in [0.1, 0.15) is 4.88 Å². The lowest BCUT2D eigenvalue weighted by atomic mass is 10.5. The number of rotatable bonds is 6. The second-order valence-electron chi connectivity index (χ2n) is 3.46. The lowest BCUT2D eigenvalue weighted by molar-refractivity contribution is 0.0702. The predicted octanol–water partition coefficient (Wildman–Crippen LogP) is 2.49. The summed E-state index contributed by atoms with van der Waals surface area (Å²) in [5, 5.41) is 10.6. The molecule has 1 rings (SSSR count). The molecule has 0 aromatic carbocycles. The Labute approximate surface area is 98.1 Å². The van der Waals surface area contributed by atoms with Crippen LogP contribution in [0.2, 0.25) is 0 Å². The normalized spacial score (nSPS) is 10.9. The number of hydrogen-bond acceptors (Lipinski definition) is 4. The van der Waals surface area contributed by atoms with Gasteiger partial charge in [-0.3, -0.25) is 0 Å². The molecule has 0 aliphatic rings. The van der Waals surface area contributed by atoms with Crippen LogP contribution >= 0.6 is 23.1 Å². The maximum Gasteiger partial charge on any atom is 0.345 e. The Hall–Kier alpha value is -0.520. The van der Waals surface area contributed by atoms with Crippen LogP contribution in [0, 0.1) is 0 Å². The van der Waals surface area contributed by atoms with E-state index in [1.54, 1.807) is 17.8 Å². The molecule has 0 amide bonds. The molecule has 0 unspecified atom stereocenters. The van der Waals surface area contributed by atoms with Crippen LogP contribution in [0.25, 0.3) is 0 Å². The fourth-order valence-electron chi connectivity index (χ4n) is 1.08. The van der Waals surface area contributed by atoms with Crippen molar-refractivity contribution in [2.24, 2.45) is 0 Å². The van der Waals surface area contributed by atoms with Crippen LogP contribution in [0.3, 0.4) is 0 Å². The highest BCUT2D eigenvalue weighted by Gasteiger charge is 2.06. The summed E-state index contributed by atoms with van der Waals surface area (Å²) in [5.41, 5.74) is 0. The quantitative estimate of drug-likeness (QED) is 0.617. The summed E-state index contributed by atoms with van der Waals surface area (Å²) < 4.78 is 0. The molecule has 0 spiro atoms. The first kappa shape index (κ1) is 12.5. The molecule has 0 saturated carbocycles. The van der Waals surface area contributed by atoms with Gasteiger partial charge in [0.25, 0.3) is 0 Å². The highest BCUT2D eigenvalue weighted by atomic mass is 32.2. The largest absolute Gasteiger partial charge is 0.477 e. The van der Waals surface area contributed by atoms with Crippen molar-refractivity contribution in [2.45, 2.75) is 11.3 Å². The molecule has 0 radical (unpaired) electrons. The van der Waals surface area contributed by atoms with Crippen molar-refractivity contribution in [1.82, 2.24) is 4.90 Å². The Kier molecular flexibility index (Phi) is 5.14. The van der Waals surface area contributed by atoms with Crippen molar-refractivity contribution in [1.29, 1.82) is 0 Å². The summed E-state index contributed by atoms with van der Waals surface area (Å²) in [6, 6.07) is 1.74. The van der Waals surface area contributed by atoms with Gasteiger partial charge >= 0.3 is 5.97 Å². The first-order valence-corrected chi connectivity index (χ1v) is 6.55. The van der Waals surface area contributed by atoms with Crippen LogP contribution in [0.1, 0.15) is 16.1 Å². The van der Waals surface area contributed by atoms with Gasteiger partial charge in [-0.2, -0.15) is 0 Å². The fraction of sp³-hybridized carbons (Fsp3) is 0.500. The molecule has 15 heavy (non-hydrogen) atoms. The van der Waals surface area contributed by atoms with E-state index in [1.807, 2.05) is 5.38 Å². The number of carboxylic acids is 1. The lowest BCUT2D eigenvalue weighted by Crippen LogP contribution is -2.13. The molecular formula is C10H15NO2S2. The van der Waals surface area contributed by atoms with Crippen LogP contribution in [-0.4, -0.2) is 42.4 Å². The van der Waals surface area contributed by atoms with E-state index >= 15 is 0 Å². The molecule has 0 fully saturated rings. The standard InChI is InChI=1S/C10H15NO2S2/c1-11(2)4-3-5-14-8-6-9(10(12)13)15-7-8/h6-7H,3-5H2,1-2H3,(H,12,13). The number of aromatic carboxylic acids is 1. The Balaban J connectivity index is 2.29. The SMILES string of the molecule is CN(C)CCCSc1csc(C(=O)O)c1. The van der Waals surface area contributed by atoms with Crippen molar-refractivity contribution in [2.75, 3.05) is 26.4 Å². The lowest BCUT2D eigenvalue weighted by Gasteiger charge is -2.07. The summed E-state index contributed by atoms with van der Waals surface area (Å²) in [6.45, 7) is 1.07. The van der Waals surface area contributed by atoms with E-state index in [0.29, 0.717) is 4.88 Å². The van der Waals surface area contributed by atoms with Gasteiger partial charge in [-0.1, -0.05) is 0 Å². The minimum atomic E-state index is -0.833. The highest BCUT2D eigenvalue weighted by Crippen LogP contribution is 2.25. The van der Waals surface area contributed by atoms with Crippen LogP contribution in [0.15, 0.2) is 16.3 Å².